The van der Waals surface area contributed by atoms with Gasteiger partial charge in [-0.3, -0.25) is 9.59 Å². The van der Waals surface area contributed by atoms with E-state index in [4.69, 9.17) is 16.3 Å². The van der Waals surface area contributed by atoms with E-state index in [1.165, 1.54) is 0 Å². The summed E-state index contributed by atoms with van der Waals surface area (Å²) in [7, 11) is 0. The Hall–Kier alpha value is -3.15. The smallest absolute Gasteiger partial charge is 0.243 e. The number of ether oxygens (including phenoxy) is 1. The Balaban J connectivity index is 1.61. The van der Waals surface area contributed by atoms with E-state index >= 15 is 0 Å². The lowest BCUT2D eigenvalue weighted by atomic mass is 10.0. The summed E-state index contributed by atoms with van der Waals surface area (Å²) >= 11 is 6.09. The zero-order chi connectivity index (χ0) is 24.5. The second-order valence-corrected chi connectivity index (χ2v) is 9.33. The topological polar surface area (TPSA) is 58.6 Å². The van der Waals surface area contributed by atoms with Crippen LogP contribution in [0, 0.1) is 0 Å². The van der Waals surface area contributed by atoms with Crippen molar-refractivity contribution in [1.29, 1.82) is 0 Å². The Bertz CT molecular complexity index is 1080. The van der Waals surface area contributed by atoms with Crippen LogP contribution in [0.25, 0.3) is 0 Å². The average molecular weight is 491 g/mol. The molecule has 0 aliphatic carbocycles. The molecule has 0 bridgehead atoms. The van der Waals surface area contributed by atoms with Crippen LogP contribution < -0.4 is 5.32 Å². The molecule has 1 N–H and O–H groups in total. The molecule has 0 unspecified atom stereocenters. The van der Waals surface area contributed by atoms with E-state index in [9.17, 15) is 9.59 Å². The van der Waals surface area contributed by atoms with Crippen LogP contribution in [0.3, 0.4) is 0 Å². The number of hydrogen-bond donors (Lipinski definition) is 1. The van der Waals surface area contributed by atoms with E-state index < -0.39 is 6.04 Å². The van der Waals surface area contributed by atoms with Gasteiger partial charge in [-0.1, -0.05) is 84.4 Å². The molecule has 4 rings (SSSR count). The summed E-state index contributed by atoms with van der Waals surface area (Å²) in [5.74, 6) is -0.265. The molecular weight excluding hydrogens is 460 g/mol. The first-order valence-corrected chi connectivity index (χ1v) is 12.5. The van der Waals surface area contributed by atoms with E-state index in [1.807, 2.05) is 72.8 Å². The van der Waals surface area contributed by atoms with Gasteiger partial charge in [0.15, 0.2) is 0 Å². The third-order valence-corrected chi connectivity index (χ3v) is 6.52. The molecular formula is C29H31ClN2O3. The summed E-state index contributed by atoms with van der Waals surface area (Å²) < 4.78 is 5.69. The zero-order valence-corrected chi connectivity index (χ0v) is 20.5. The highest BCUT2D eigenvalue weighted by molar-refractivity contribution is 6.30. The van der Waals surface area contributed by atoms with Crippen molar-refractivity contribution in [3.05, 3.63) is 107 Å². The molecule has 3 aromatic carbocycles. The highest BCUT2D eigenvalue weighted by Gasteiger charge is 2.31. The van der Waals surface area contributed by atoms with E-state index in [2.05, 4.69) is 5.32 Å². The van der Waals surface area contributed by atoms with Gasteiger partial charge in [-0.2, -0.15) is 0 Å². The summed E-state index contributed by atoms with van der Waals surface area (Å²) in [6.07, 6.45) is 2.61. The fraction of sp³-hybridized carbons (Fsp3) is 0.310. The first-order chi connectivity index (χ1) is 17.1. The lowest BCUT2D eigenvalue weighted by molar-refractivity contribution is -0.141. The predicted molar refractivity (Wildman–Crippen MR) is 138 cm³/mol. The molecule has 5 nitrogen and oxygen atoms in total. The number of nitrogens with zero attached hydrogens (tertiary/aromatic N) is 1. The van der Waals surface area contributed by atoms with Crippen molar-refractivity contribution in [3.63, 3.8) is 0 Å². The lowest BCUT2D eigenvalue weighted by Crippen LogP contribution is -2.52. The van der Waals surface area contributed by atoms with Gasteiger partial charge in [0.25, 0.3) is 0 Å². The van der Waals surface area contributed by atoms with Crippen LogP contribution in [0.5, 0.6) is 0 Å². The highest BCUT2D eigenvalue weighted by Crippen LogP contribution is 2.19. The van der Waals surface area contributed by atoms with E-state index in [0.29, 0.717) is 24.5 Å². The molecule has 6 heteroatoms. The molecule has 1 heterocycles. The number of carbonyl (C=O) groups is 2. The van der Waals surface area contributed by atoms with Crippen molar-refractivity contribution in [2.24, 2.45) is 0 Å². The van der Waals surface area contributed by atoms with Crippen molar-refractivity contribution in [2.75, 3.05) is 13.2 Å². The molecule has 2 amide bonds. The summed E-state index contributed by atoms with van der Waals surface area (Å²) in [6.45, 7) is 1.49. The van der Waals surface area contributed by atoms with E-state index in [-0.39, 0.29) is 24.3 Å². The van der Waals surface area contributed by atoms with Gasteiger partial charge in [-0.15, -0.1) is 0 Å². The fourth-order valence-electron chi connectivity index (χ4n) is 4.35. The number of hydrogen-bond acceptors (Lipinski definition) is 3. The zero-order valence-electron chi connectivity index (χ0n) is 19.7. The van der Waals surface area contributed by atoms with Crippen LogP contribution in [-0.2, 0) is 33.7 Å². The molecule has 1 aliphatic heterocycles. The Morgan fingerprint density at radius 2 is 1.57 bits per heavy atom. The average Bonchev–Trinajstić information content (AvgIpc) is 3.41. The van der Waals surface area contributed by atoms with E-state index in [0.717, 1.165) is 36.1 Å². The summed E-state index contributed by atoms with van der Waals surface area (Å²) in [5.41, 5.74) is 2.83. The van der Waals surface area contributed by atoms with Gasteiger partial charge in [-0.25, -0.2) is 0 Å². The molecule has 0 saturated carbocycles. The molecule has 0 spiro atoms. The summed E-state index contributed by atoms with van der Waals surface area (Å²) in [4.78, 5) is 28.9. The third-order valence-electron chi connectivity index (χ3n) is 6.26. The molecule has 0 aromatic heterocycles. The van der Waals surface area contributed by atoms with E-state index in [1.54, 1.807) is 17.0 Å². The third kappa shape index (κ3) is 7.41. The van der Waals surface area contributed by atoms with Gasteiger partial charge in [0.05, 0.1) is 12.5 Å². The Morgan fingerprint density at radius 1 is 0.914 bits per heavy atom. The lowest BCUT2D eigenvalue weighted by Gasteiger charge is -2.32. The van der Waals surface area contributed by atoms with Crippen molar-refractivity contribution < 1.29 is 14.3 Å². The minimum absolute atomic E-state index is 0.0288. The predicted octanol–water partition coefficient (Wildman–Crippen LogP) is 4.82. The van der Waals surface area contributed by atoms with Crippen LogP contribution in [0.15, 0.2) is 84.9 Å². The first-order valence-electron chi connectivity index (χ1n) is 12.1. The number of carbonyl (C=O) groups excluding carboxylic acids is 2. The SMILES string of the molecule is O=C(NC[C@@H]1CCCO1)[C@@H](Cc1ccccc1)N(Cc1ccc(Cl)cc1)C(=O)Cc1ccccc1. The maximum Gasteiger partial charge on any atom is 0.243 e. The number of halogens is 1. The second-order valence-electron chi connectivity index (χ2n) is 8.90. The Kier molecular flexibility index (Phi) is 8.93. The summed E-state index contributed by atoms with van der Waals surface area (Å²) in [6, 6.07) is 26.2. The maximum absolute atomic E-state index is 13.7. The van der Waals surface area contributed by atoms with Gasteiger partial charge in [0.2, 0.25) is 11.8 Å². The number of amides is 2. The largest absolute Gasteiger partial charge is 0.376 e. The molecule has 2 atom stereocenters. The molecule has 1 fully saturated rings. The fourth-order valence-corrected chi connectivity index (χ4v) is 4.48. The Morgan fingerprint density at radius 3 is 2.20 bits per heavy atom. The highest BCUT2D eigenvalue weighted by atomic mass is 35.5. The van der Waals surface area contributed by atoms with Gasteiger partial charge >= 0.3 is 0 Å². The molecule has 1 saturated heterocycles. The van der Waals surface area contributed by atoms with Crippen LogP contribution in [0.2, 0.25) is 5.02 Å². The number of benzene rings is 3. The van der Waals surface area contributed by atoms with Gasteiger partial charge in [0.1, 0.15) is 6.04 Å². The summed E-state index contributed by atoms with van der Waals surface area (Å²) in [5, 5.41) is 3.69. The standard InChI is InChI=1S/C29H31ClN2O3/c30-25-15-13-24(14-16-25)21-32(28(33)19-23-10-5-2-6-11-23)27(18-22-8-3-1-4-9-22)29(34)31-20-26-12-7-17-35-26/h1-6,8-11,13-16,26-27H,7,12,17-21H2,(H,31,34)/t26-,27+/m0/s1. The molecule has 3 aromatic rings. The van der Waals surface area contributed by atoms with Gasteiger partial charge < -0.3 is 15.0 Å². The van der Waals surface area contributed by atoms with Gasteiger partial charge in [0, 0.05) is 31.1 Å². The van der Waals surface area contributed by atoms with Crippen molar-refractivity contribution in [3.8, 4) is 0 Å². The van der Waals surface area contributed by atoms with Gasteiger partial charge in [-0.05, 0) is 41.7 Å². The van der Waals surface area contributed by atoms with Crippen molar-refractivity contribution >= 4 is 23.4 Å². The van der Waals surface area contributed by atoms with Crippen LogP contribution >= 0.6 is 11.6 Å². The quantitative estimate of drug-likeness (QED) is 0.443. The molecule has 0 radical (unpaired) electrons. The second kappa shape index (κ2) is 12.5. The minimum Gasteiger partial charge on any atom is -0.376 e. The first kappa shape index (κ1) is 25.0. The van der Waals surface area contributed by atoms with Crippen LogP contribution in [0.1, 0.15) is 29.5 Å². The van der Waals surface area contributed by atoms with Crippen LogP contribution in [0.4, 0.5) is 0 Å². The molecule has 182 valence electrons. The number of nitrogens with one attached hydrogen (secondary N) is 1. The van der Waals surface area contributed by atoms with Crippen LogP contribution in [-0.4, -0.2) is 42.0 Å². The van der Waals surface area contributed by atoms with Crippen molar-refractivity contribution in [2.45, 2.75) is 44.4 Å². The molecule has 35 heavy (non-hydrogen) atoms. The maximum atomic E-state index is 13.7. The minimum atomic E-state index is -0.661. The monoisotopic (exact) mass is 490 g/mol. The Labute approximate surface area is 212 Å². The number of rotatable bonds is 10. The normalized spacial score (nSPS) is 16.0. The molecule has 1 aliphatic rings. The van der Waals surface area contributed by atoms with Crippen molar-refractivity contribution in [1.82, 2.24) is 10.2 Å².